The zero-order valence-electron chi connectivity index (χ0n) is 8.20. The maximum Gasteiger partial charge on any atom is 0.237 e. The van der Waals surface area contributed by atoms with Gasteiger partial charge in [0, 0.05) is 10.7 Å². The molecule has 1 N–H and O–H groups in total. The van der Waals surface area contributed by atoms with Crippen LogP contribution in [0.5, 0.6) is 0 Å². The van der Waals surface area contributed by atoms with Crippen molar-refractivity contribution < 1.29 is 4.79 Å². The summed E-state index contributed by atoms with van der Waals surface area (Å²) in [6.07, 6.45) is 2.12. The molecule has 1 saturated heterocycles. The lowest BCUT2D eigenvalue weighted by atomic mass is 10.2. The van der Waals surface area contributed by atoms with E-state index >= 15 is 0 Å². The van der Waals surface area contributed by atoms with E-state index in [9.17, 15) is 4.79 Å². The van der Waals surface area contributed by atoms with Gasteiger partial charge in [-0.05, 0) is 36.8 Å². The molecule has 0 aromatic heterocycles. The van der Waals surface area contributed by atoms with Gasteiger partial charge in [-0.2, -0.15) is 0 Å². The molecule has 4 heteroatoms. The van der Waals surface area contributed by atoms with E-state index in [0.29, 0.717) is 5.02 Å². The topological polar surface area (TPSA) is 29.1 Å². The third kappa shape index (κ3) is 2.89. The van der Waals surface area contributed by atoms with Gasteiger partial charge in [0.25, 0.3) is 0 Å². The lowest BCUT2D eigenvalue weighted by Gasteiger charge is -2.09. The zero-order valence-corrected chi connectivity index (χ0v) is 9.77. The number of thioether (sulfide) groups is 1. The fraction of sp³-hybridized carbons (Fsp3) is 0.364. The van der Waals surface area contributed by atoms with Crippen LogP contribution in [-0.2, 0) is 4.79 Å². The van der Waals surface area contributed by atoms with Crippen molar-refractivity contribution in [1.29, 1.82) is 0 Å². The summed E-state index contributed by atoms with van der Waals surface area (Å²) >= 11 is 7.56. The fourth-order valence-corrected chi connectivity index (χ4v) is 2.93. The number of anilines is 1. The maximum absolute atomic E-state index is 11.8. The quantitative estimate of drug-likeness (QED) is 0.862. The second-order valence-corrected chi connectivity index (χ2v) is 5.25. The minimum absolute atomic E-state index is 0.0970. The minimum atomic E-state index is 0.0970. The predicted octanol–water partition coefficient (Wildman–Crippen LogP) is 3.17. The molecule has 1 atom stereocenters. The average molecular weight is 242 g/mol. The molecular formula is C11H12ClNOS. The van der Waals surface area contributed by atoms with Crippen LogP contribution in [0.1, 0.15) is 12.8 Å². The van der Waals surface area contributed by atoms with E-state index in [-0.39, 0.29) is 11.2 Å². The molecular weight excluding hydrogens is 230 g/mol. The van der Waals surface area contributed by atoms with Crippen LogP contribution in [0.4, 0.5) is 5.69 Å². The maximum atomic E-state index is 11.8. The largest absolute Gasteiger partial charge is 0.325 e. The molecule has 1 aromatic carbocycles. The molecule has 2 nitrogen and oxygen atoms in total. The SMILES string of the molecule is O=C(Nc1cccc(Cl)c1)C1CCCS1. The Morgan fingerprint density at radius 3 is 3.07 bits per heavy atom. The average Bonchev–Trinajstić information content (AvgIpc) is 2.70. The van der Waals surface area contributed by atoms with Gasteiger partial charge in [-0.15, -0.1) is 11.8 Å². The van der Waals surface area contributed by atoms with Crippen LogP contribution in [0.15, 0.2) is 24.3 Å². The summed E-state index contributed by atoms with van der Waals surface area (Å²) in [6.45, 7) is 0. The van der Waals surface area contributed by atoms with Crippen molar-refractivity contribution in [2.24, 2.45) is 0 Å². The lowest BCUT2D eigenvalue weighted by molar-refractivity contribution is -0.115. The third-order valence-corrected chi connectivity index (χ3v) is 3.93. The van der Waals surface area contributed by atoms with Gasteiger partial charge < -0.3 is 5.32 Å². The third-order valence-electron chi connectivity index (χ3n) is 2.31. The first kappa shape index (κ1) is 10.8. The highest BCUT2D eigenvalue weighted by Crippen LogP contribution is 2.27. The van der Waals surface area contributed by atoms with Crippen molar-refractivity contribution in [3.05, 3.63) is 29.3 Å². The molecule has 0 saturated carbocycles. The van der Waals surface area contributed by atoms with Crippen LogP contribution in [0, 0.1) is 0 Å². The Labute approximate surface area is 98.4 Å². The Balaban J connectivity index is 1.99. The Hall–Kier alpha value is -0.670. The molecule has 1 aromatic rings. The molecule has 15 heavy (non-hydrogen) atoms. The van der Waals surface area contributed by atoms with Gasteiger partial charge in [0.2, 0.25) is 5.91 Å². The van der Waals surface area contributed by atoms with Crippen LogP contribution in [0.25, 0.3) is 0 Å². The van der Waals surface area contributed by atoms with Gasteiger partial charge in [-0.1, -0.05) is 17.7 Å². The van der Waals surface area contributed by atoms with Gasteiger partial charge >= 0.3 is 0 Å². The van der Waals surface area contributed by atoms with E-state index in [0.717, 1.165) is 24.3 Å². The van der Waals surface area contributed by atoms with E-state index < -0.39 is 0 Å². The molecule has 0 spiro atoms. The summed E-state index contributed by atoms with van der Waals surface area (Å²) in [5, 5.41) is 3.64. The summed E-state index contributed by atoms with van der Waals surface area (Å²) in [5.74, 6) is 1.19. The molecule has 1 aliphatic rings. The number of nitrogens with one attached hydrogen (secondary N) is 1. The van der Waals surface area contributed by atoms with Crippen LogP contribution in [0.3, 0.4) is 0 Å². The first-order chi connectivity index (χ1) is 7.25. The number of rotatable bonds is 2. The standard InChI is InChI=1S/C11H12ClNOS/c12-8-3-1-4-9(7-8)13-11(14)10-5-2-6-15-10/h1,3-4,7,10H,2,5-6H2,(H,13,14). The van der Waals surface area contributed by atoms with Gasteiger partial charge in [-0.25, -0.2) is 0 Å². The Bertz CT molecular complexity index is 363. The molecule has 1 fully saturated rings. The second-order valence-electron chi connectivity index (χ2n) is 3.50. The summed E-state index contributed by atoms with van der Waals surface area (Å²) in [6, 6.07) is 7.24. The number of carbonyl (C=O) groups excluding carboxylic acids is 1. The highest BCUT2D eigenvalue weighted by molar-refractivity contribution is 8.00. The molecule has 1 amide bonds. The van der Waals surface area contributed by atoms with Crippen LogP contribution < -0.4 is 5.32 Å². The zero-order chi connectivity index (χ0) is 10.7. The highest BCUT2D eigenvalue weighted by Gasteiger charge is 2.23. The second kappa shape index (κ2) is 4.90. The summed E-state index contributed by atoms with van der Waals surface area (Å²) in [7, 11) is 0. The number of hydrogen-bond donors (Lipinski definition) is 1. The minimum Gasteiger partial charge on any atom is -0.325 e. The van der Waals surface area contributed by atoms with Crippen molar-refractivity contribution in [1.82, 2.24) is 0 Å². The summed E-state index contributed by atoms with van der Waals surface area (Å²) in [4.78, 5) is 11.8. The van der Waals surface area contributed by atoms with E-state index in [4.69, 9.17) is 11.6 Å². The smallest absolute Gasteiger partial charge is 0.237 e. The molecule has 80 valence electrons. The summed E-state index contributed by atoms with van der Waals surface area (Å²) < 4.78 is 0. The van der Waals surface area contributed by atoms with Crippen LogP contribution >= 0.6 is 23.4 Å². The predicted molar refractivity (Wildman–Crippen MR) is 65.6 cm³/mol. The number of benzene rings is 1. The summed E-state index contributed by atoms with van der Waals surface area (Å²) in [5.41, 5.74) is 0.778. The Morgan fingerprint density at radius 2 is 2.40 bits per heavy atom. The number of hydrogen-bond acceptors (Lipinski definition) is 2. The highest BCUT2D eigenvalue weighted by atomic mass is 35.5. The number of halogens is 1. The molecule has 2 rings (SSSR count). The fourth-order valence-electron chi connectivity index (χ4n) is 1.57. The molecule has 1 aliphatic heterocycles. The Kier molecular flexibility index (Phi) is 3.54. The monoisotopic (exact) mass is 241 g/mol. The van der Waals surface area contributed by atoms with E-state index in [1.807, 2.05) is 12.1 Å². The van der Waals surface area contributed by atoms with Gasteiger partial charge in [0.1, 0.15) is 0 Å². The van der Waals surface area contributed by atoms with Crippen molar-refractivity contribution in [3.8, 4) is 0 Å². The molecule has 0 radical (unpaired) electrons. The van der Waals surface area contributed by atoms with Crippen molar-refractivity contribution in [2.75, 3.05) is 11.1 Å². The lowest BCUT2D eigenvalue weighted by Crippen LogP contribution is -2.22. The van der Waals surface area contributed by atoms with Crippen molar-refractivity contribution >= 4 is 35.0 Å². The number of carbonyl (C=O) groups is 1. The molecule has 1 heterocycles. The van der Waals surface area contributed by atoms with E-state index in [1.165, 1.54) is 0 Å². The van der Waals surface area contributed by atoms with Crippen LogP contribution in [-0.4, -0.2) is 16.9 Å². The van der Waals surface area contributed by atoms with Crippen molar-refractivity contribution in [3.63, 3.8) is 0 Å². The van der Waals surface area contributed by atoms with Gasteiger partial charge in [0.05, 0.1) is 5.25 Å². The van der Waals surface area contributed by atoms with E-state index in [2.05, 4.69) is 5.32 Å². The first-order valence-electron chi connectivity index (χ1n) is 4.94. The van der Waals surface area contributed by atoms with Crippen molar-refractivity contribution in [2.45, 2.75) is 18.1 Å². The Morgan fingerprint density at radius 1 is 1.53 bits per heavy atom. The van der Waals surface area contributed by atoms with Gasteiger partial charge in [0.15, 0.2) is 0 Å². The number of amides is 1. The molecule has 1 unspecified atom stereocenters. The molecule has 0 bridgehead atoms. The van der Waals surface area contributed by atoms with E-state index in [1.54, 1.807) is 23.9 Å². The normalized spacial score (nSPS) is 20.2. The van der Waals surface area contributed by atoms with Crippen LogP contribution in [0.2, 0.25) is 5.02 Å². The first-order valence-corrected chi connectivity index (χ1v) is 6.36. The molecule has 0 aliphatic carbocycles. The van der Waals surface area contributed by atoms with Gasteiger partial charge in [-0.3, -0.25) is 4.79 Å².